The number of nitrogens with one attached hydrogen (secondary N) is 1. The second-order valence-electron chi connectivity index (χ2n) is 6.43. The van der Waals surface area contributed by atoms with Crippen LogP contribution in [0.2, 0.25) is 5.02 Å². The van der Waals surface area contributed by atoms with Crippen LogP contribution < -0.4 is 5.32 Å². The van der Waals surface area contributed by atoms with Crippen LogP contribution in [0.1, 0.15) is 0 Å². The fourth-order valence-electron chi connectivity index (χ4n) is 3.32. The number of imidazole rings is 1. The maximum Gasteiger partial charge on any atom is 0.138 e. The van der Waals surface area contributed by atoms with Crippen molar-refractivity contribution in [1.29, 1.82) is 0 Å². The number of anilines is 2. The van der Waals surface area contributed by atoms with Gasteiger partial charge < -0.3 is 5.32 Å². The van der Waals surface area contributed by atoms with Crippen molar-refractivity contribution in [1.82, 2.24) is 9.38 Å². The molecule has 0 radical (unpaired) electrons. The zero-order valence-corrected chi connectivity index (χ0v) is 15.2. The van der Waals surface area contributed by atoms with Crippen molar-refractivity contribution in [2.24, 2.45) is 0 Å². The summed E-state index contributed by atoms with van der Waals surface area (Å²) in [6.45, 7) is 0. The minimum atomic E-state index is 0.687. The van der Waals surface area contributed by atoms with Crippen LogP contribution in [0.3, 0.4) is 0 Å². The molecule has 4 heteroatoms. The summed E-state index contributed by atoms with van der Waals surface area (Å²) in [5, 5.41) is 4.10. The molecule has 2 heterocycles. The molecule has 5 aromatic rings. The second-order valence-corrected chi connectivity index (χ2v) is 6.84. The van der Waals surface area contributed by atoms with Crippen LogP contribution in [-0.4, -0.2) is 9.38 Å². The topological polar surface area (TPSA) is 29.3 Å². The van der Waals surface area contributed by atoms with Gasteiger partial charge in [0.2, 0.25) is 0 Å². The Hall–Kier alpha value is -3.30. The average molecular weight is 370 g/mol. The number of hydrogen-bond donors (Lipinski definition) is 1. The first-order chi connectivity index (χ1) is 13.3. The van der Waals surface area contributed by atoms with Crippen molar-refractivity contribution in [3.05, 3.63) is 96.1 Å². The van der Waals surface area contributed by atoms with Gasteiger partial charge in [0.1, 0.15) is 5.65 Å². The number of nitrogens with zero attached hydrogens (tertiary/aromatic N) is 2. The van der Waals surface area contributed by atoms with Crippen molar-refractivity contribution in [2.75, 3.05) is 5.32 Å². The Morgan fingerprint density at radius 1 is 0.778 bits per heavy atom. The molecule has 0 atom stereocenters. The Kier molecular flexibility index (Phi) is 3.80. The molecule has 0 unspecified atom stereocenters. The molecule has 0 amide bonds. The van der Waals surface area contributed by atoms with E-state index in [2.05, 4.69) is 39.0 Å². The predicted molar refractivity (Wildman–Crippen MR) is 113 cm³/mol. The third-order valence-electron chi connectivity index (χ3n) is 4.66. The Labute approximate surface area is 161 Å². The van der Waals surface area contributed by atoms with Gasteiger partial charge in [0.05, 0.1) is 27.4 Å². The van der Waals surface area contributed by atoms with Crippen LogP contribution in [0.5, 0.6) is 0 Å². The molecule has 0 aliphatic rings. The summed E-state index contributed by atoms with van der Waals surface area (Å²) in [4.78, 5) is 4.64. The van der Waals surface area contributed by atoms with E-state index in [0.717, 1.165) is 39.2 Å². The van der Waals surface area contributed by atoms with E-state index in [4.69, 9.17) is 11.6 Å². The van der Waals surface area contributed by atoms with Crippen molar-refractivity contribution < 1.29 is 0 Å². The molecule has 0 fully saturated rings. The van der Waals surface area contributed by atoms with E-state index in [-0.39, 0.29) is 0 Å². The molecule has 130 valence electrons. The summed E-state index contributed by atoms with van der Waals surface area (Å²) in [6.07, 6.45) is 2.05. The molecule has 0 bridgehead atoms. The molecule has 0 aliphatic heterocycles. The van der Waals surface area contributed by atoms with Gasteiger partial charge in [-0.1, -0.05) is 60.1 Å². The number of para-hydroxylation sites is 2. The number of halogens is 1. The lowest BCUT2D eigenvalue weighted by Crippen LogP contribution is -1.94. The molecular weight excluding hydrogens is 354 g/mol. The summed E-state index contributed by atoms with van der Waals surface area (Å²) in [6, 6.07) is 28.5. The van der Waals surface area contributed by atoms with E-state index in [1.165, 1.54) is 0 Å². The molecule has 5 rings (SSSR count). The van der Waals surface area contributed by atoms with Gasteiger partial charge >= 0.3 is 0 Å². The molecule has 3 nitrogen and oxygen atoms in total. The number of aromatic nitrogens is 2. The highest BCUT2D eigenvalue weighted by Crippen LogP contribution is 2.31. The van der Waals surface area contributed by atoms with E-state index in [1.54, 1.807) is 0 Å². The standard InChI is InChI=1S/C23H16ClN3/c24-19-14-17(16-6-2-1-3-7-16)10-12-20(19)25-18-11-13-23-26-21-8-4-5-9-22(21)27(23)15-18/h1-15,25H. The lowest BCUT2D eigenvalue weighted by molar-refractivity contribution is 1.22. The largest absolute Gasteiger partial charge is 0.353 e. The maximum absolute atomic E-state index is 6.54. The summed E-state index contributed by atoms with van der Waals surface area (Å²) in [7, 11) is 0. The lowest BCUT2D eigenvalue weighted by atomic mass is 10.1. The minimum absolute atomic E-state index is 0.687. The maximum atomic E-state index is 6.54. The summed E-state index contributed by atoms with van der Waals surface area (Å²) >= 11 is 6.54. The third-order valence-corrected chi connectivity index (χ3v) is 4.97. The van der Waals surface area contributed by atoms with Gasteiger partial charge in [-0.15, -0.1) is 0 Å². The van der Waals surface area contributed by atoms with Crippen molar-refractivity contribution >= 4 is 39.7 Å². The number of fused-ring (bicyclic) bond motifs is 3. The van der Waals surface area contributed by atoms with Crippen LogP contribution in [0.15, 0.2) is 91.1 Å². The summed E-state index contributed by atoms with van der Waals surface area (Å²) in [5.74, 6) is 0. The molecule has 27 heavy (non-hydrogen) atoms. The van der Waals surface area contributed by atoms with Gasteiger partial charge in [0.25, 0.3) is 0 Å². The number of pyridine rings is 1. The summed E-state index contributed by atoms with van der Waals surface area (Å²) < 4.78 is 2.09. The van der Waals surface area contributed by atoms with E-state index in [0.29, 0.717) is 5.02 Å². The highest BCUT2D eigenvalue weighted by molar-refractivity contribution is 6.33. The lowest BCUT2D eigenvalue weighted by Gasteiger charge is -2.11. The molecular formula is C23H16ClN3. The van der Waals surface area contributed by atoms with Crippen LogP contribution in [0.4, 0.5) is 11.4 Å². The molecule has 2 aromatic heterocycles. The molecule has 0 saturated heterocycles. The van der Waals surface area contributed by atoms with Gasteiger partial charge in [-0.2, -0.15) is 0 Å². The van der Waals surface area contributed by atoms with Gasteiger partial charge in [-0.05, 0) is 47.5 Å². The van der Waals surface area contributed by atoms with Crippen molar-refractivity contribution in [3.8, 4) is 11.1 Å². The van der Waals surface area contributed by atoms with E-state index in [9.17, 15) is 0 Å². The second kappa shape index (κ2) is 6.45. The predicted octanol–water partition coefficient (Wildman–Crippen LogP) is 6.55. The zero-order valence-electron chi connectivity index (χ0n) is 14.4. The quantitative estimate of drug-likeness (QED) is 0.390. The minimum Gasteiger partial charge on any atom is -0.353 e. The van der Waals surface area contributed by atoms with Crippen LogP contribution in [0.25, 0.3) is 27.8 Å². The van der Waals surface area contributed by atoms with Crippen LogP contribution >= 0.6 is 11.6 Å². The number of hydrogen-bond acceptors (Lipinski definition) is 2. The number of benzene rings is 3. The Bertz CT molecular complexity index is 1260. The van der Waals surface area contributed by atoms with E-state index < -0.39 is 0 Å². The molecule has 3 aromatic carbocycles. The molecule has 0 spiro atoms. The van der Waals surface area contributed by atoms with Crippen molar-refractivity contribution in [3.63, 3.8) is 0 Å². The van der Waals surface area contributed by atoms with Gasteiger partial charge in [0, 0.05) is 6.20 Å². The van der Waals surface area contributed by atoms with Crippen LogP contribution in [-0.2, 0) is 0 Å². The fraction of sp³-hybridized carbons (Fsp3) is 0. The molecule has 0 aliphatic carbocycles. The monoisotopic (exact) mass is 369 g/mol. The highest BCUT2D eigenvalue weighted by atomic mass is 35.5. The third kappa shape index (κ3) is 2.92. The van der Waals surface area contributed by atoms with Gasteiger partial charge in [-0.25, -0.2) is 4.98 Å². The first-order valence-electron chi connectivity index (χ1n) is 8.77. The van der Waals surface area contributed by atoms with E-state index in [1.807, 2.05) is 66.9 Å². The average Bonchev–Trinajstić information content (AvgIpc) is 3.08. The molecule has 1 N–H and O–H groups in total. The SMILES string of the molecule is Clc1cc(-c2ccccc2)ccc1Nc1ccc2nc3ccccc3n2c1. The Morgan fingerprint density at radius 2 is 1.59 bits per heavy atom. The van der Waals surface area contributed by atoms with Crippen molar-refractivity contribution in [2.45, 2.75) is 0 Å². The Balaban J connectivity index is 1.50. The first kappa shape index (κ1) is 15.9. The summed E-state index contributed by atoms with van der Waals surface area (Å²) in [5.41, 5.74) is 7.08. The van der Waals surface area contributed by atoms with Gasteiger partial charge in [-0.3, -0.25) is 4.40 Å². The van der Waals surface area contributed by atoms with Gasteiger partial charge in [0.15, 0.2) is 0 Å². The number of rotatable bonds is 3. The normalized spacial score (nSPS) is 11.1. The first-order valence-corrected chi connectivity index (χ1v) is 9.14. The highest BCUT2D eigenvalue weighted by Gasteiger charge is 2.07. The van der Waals surface area contributed by atoms with E-state index >= 15 is 0 Å². The smallest absolute Gasteiger partial charge is 0.138 e. The molecule has 0 saturated carbocycles. The Morgan fingerprint density at radius 3 is 2.44 bits per heavy atom. The fourth-order valence-corrected chi connectivity index (χ4v) is 3.55. The van der Waals surface area contributed by atoms with Crippen LogP contribution in [0, 0.1) is 0 Å². The zero-order chi connectivity index (χ0) is 18.2.